The summed E-state index contributed by atoms with van der Waals surface area (Å²) in [6.07, 6.45) is 1.41. The van der Waals surface area contributed by atoms with E-state index in [0.29, 0.717) is 12.8 Å². The molecule has 1 aromatic carbocycles. The fourth-order valence-corrected chi connectivity index (χ4v) is 2.96. The zero-order valence-electron chi connectivity index (χ0n) is 12.9. The number of rotatable bonds is 7. The zero-order valence-corrected chi connectivity index (χ0v) is 12.9. The fraction of sp³-hybridized carbons (Fsp3) is 0.500. The molecule has 0 aliphatic rings. The maximum absolute atomic E-state index is 10.9. The van der Waals surface area contributed by atoms with Crippen molar-refractivity contribution >= 4 is 12.8 Å². The number of hydrogen-bond donors (Lipinski definition) is 2. The molecular formula is C16H24N2O2. The van der Waals surface area contributed by atoms with E-state index in [9.17, 15) is 9.59 Å². The molecule has 0 heterocycles. The van der Waals surface area contributed by atoms with Crippen LogP contribution in [0, 0.1) is 6.92 Å². The van der Waals surface area contributed by atoms with Crippen LogP contribution >= 0.6 is 0 Å². The number of carbonyl (C=O) groups excluding carboxylic acids is 2. The summed E-state index contributed by atoms with van der Waals surface area (Å²) >= 11 is 0. The van der Waals surface area contributed by atoms with Crippen LogP contribution in [0.1, 0.15) is 44.7 Å². The molecule has 0 bridgehead atoms. The van der Waals surface area contributed by atoms with Crippen molar-refractivity contribution in [1.82, 2.24) is 10.6 Å². The van der Waals surface area contributed by atoms with E-state index in [1.807, 2.05) is 58.9 Å². The lowest BCUT2D eigenvalue weighted by Gasteiger charge is -2.44. The Bertz CT molecular complexity index is 442. The average Bonchev–Trinajstić information content (AvgIpc) is 2.31. The summed E-state index contributed by atoms with van der Waals surface area (Å²) in [6, 6.07) is 8.16. The van der Waals surface area contributed by atoms with Gasteiger partial charge < -0.3 is 10.6 Å². The minimum Gasteiger partial charge on any atom is -0.353 e. The van der Waals surface area contributed by atoms with E-state index < -0.39 is 11.1 Å². The molecule has 0 unspecified atom stereocenters. The predicted molar refractivity (Wildman–Crippen MR) is 80.5 cm³/mol. The lowest BCUT2D eigenvalue weighted by Crippen LogP contribution is -2.57. The Morgan fingerprint density at radius 2 is 1.30 bits per heavy atom. The number of hydrogen-bond acceptors (Lipinski definition) is 2. The van der Waals surface area contributed by atoms with Gasteiger partial charge in [-0.05, 0) is 40.2 Å². The Morgan fingerprint density at radius 1 is 0.900 bits per heavy atom. The number of benzene rings is 1. The average molecular weight is 276 g/mol. The molecule has 0 aromatic heterocycles. The predicted octanol–water partition coefficient (Wildman–Crippen LogP) is 2.13. The second kappa shape index (κ2) is 6.07. The van der Waals surface area contributed by atoms with Crippen LogP contribution in [0.15, 0.2) is 24.3 Å². The lowest BCUT2D eigenvalue weighted by atomic mass is 9.70. The summed E-state index contributed by atoms with van der Waals surface area (Å²) in [5.74, 6) is -0.0639. The molecule has 0 atom stereocenters. The van der Waals surface area contributed by atoms with Crippen molar-refractivity contribution in [3.63, 3.8) is 0 Å². The Morgan fingerprint density at radius 3 is 1.65 bits per heavy atom. The molecule has 1 aromatic rings. The van der Waals surface area contributed by atoms with Gasteiger partial charge in [-0.2, -0.15) is 0 Å². The molecule has 0 fully saturated rings. The Balaban J connectivity index is 3.30. The van der Waals surface area contributed by atoms with Crippen molar-refractivity contribution < 1.29 is 9.59 Å². The highest BCUT2D eigenvalue weighted by Gasteiger charge is 2.41. The van der Waals surface area contributed by atoms with E-state index in [1.54, 1.807) is 0 Å². The highest BCUT2D eigenvalue weighted by molar-refractivity contribution is 5.51. The van der Waals surface area contributed by atoms with E-state index in [4.69, 9.17) is 0 Å². The van der Waals surface area contributed by atoms with Crippen molar-refractivity contribution in [2.24, 2.45) is 0 Å². The van der Waals surface area contributed by atoms with E-state index >= 15 is 0 Å². The first-order chi connectivity index (χ1) is 9.24. The molecule has 4 nitrogen and oxygen atoms in total. The van der Waals surface area contributed by atoms with Gasteiger partial charge in [0.15, 0.2) is 0 Å². The molecule has 2 N–H and O–H groups in total. The largest absolute Gasteiger partial charge is 0.353 e. The van der Waals surface area contributed by atoms with Gasteiger partial charge in [-0.1, -0.05) is 29.8 Å². The van der Waals surface area contributed by atoms with E-state index in [-0.39, 0.29) is 5.92 Å². The summed E-state index contributed by atoms with van der Waals surface area (Å²) in [4.78, 5) is 21.8. The molecule has 1 rings (SSSR count). The van der Waals surface area contributed by atoms with Crippen LogP contribution in [-0.2, 0) is 9.59 Å². The van der Waals surface area contributed by atoms with Crippen molar-refractivity contribution in [2.45, 2.75) is 51.6 Å². The molecule has 0 saturated heterocycles. The third kappa shape index (κ3) is 3.59. The summed E-state index contributed by atoms with van der Waals surface area (Å²) in [5, 5.41) is 5.73. The molecular weight excluding hydrogens is 252 g/mol. The minimum atomic E-state index is -0.490. The van der Waals surface area contributed by atoms with Gasteiger partial charge in [-0.25, -0.2) is 0 Å². The van der Waals surface area contributed by atoms with Crippen LogP contribution in [0.5, 0.6) is 0 Å². The fourth-order valence-electron chi connectivity index (χ4n) is 2.96. The summed E-state index contributed by atoms with van der Waals surface area (Å²) in [6.45, 7) is 9.86. The molecule has 2 amide bonds. The minimum absolute atomic E-state index is 0.0639. The van der Waals surface area contributed by atoms with E-state index in [0.717, 1.165) is 5.56 Å². The number of amides is 2. The summed E-state index contributed by atoms with van der Waals surface area (Å²) in [7, 11) is 0. The van der Waals surface area contributed by atoms with Gasteiger partial charge in [0.1, 0.15) is 0 Å². The van der Waals surface area contributed by atoms with Gasteiger partial charge in [0.05, 0.1) is 0 Å². The van der Waals surface area contributed by atoms with Crippen LogP contribution in [0.2, 0.25) is 0 Å². The van der Waals surface area contributed by atoms with Crippen molar-refractivity contribution in [2.75, 3.05) is 0 Å². The van der Waals surface area contributed by atoms with Crippen LogP contribution in [-0.4, -0.2) is 23.9 Å². The first-order valence-corrected chi connectivity index (χ1v) is 6.74. The van der Waals surface area contributed by atoms with Gasteiger partial charge >= 0.3 is 0 Å². The Hall–Kier alpha value is -1.84. The molecule has 110 valence electrons. The summed E-state index contributed by atoms with van der Waals surface area (Å²) in [5.41, 5.74) is 1.27. The van der Waals surface area contributed by atoms with Gasteiger partial charge in [-0.3, -0.25) is 9.59 Å². The first kappa shape index (κ1) is 16.2. The third-order valence-electron chi connectivity index (χ3n) is 3.72. The standard InChI is InChI=1S/C16H24N2O2/c1-12-6-8-13(9-7-12)14(15(2,3)17-10-19)16(4,5)18-11-20/h6-11,14H,1-5H3,(H,17,19)(H,18,20). The quantitative estimate of drug-likeness (QED) is 0.750. The van der Waals surface area contributed by atoms with Gasteiger partial charge in [0, 0.05) is 17.0 Å². The second-order valence-corrected chi connectivity index (χ2v) is 6.31. The lowest BCUT2D eigenvalue weighted by molar-refractivity contribution is -0.111. The van der Waals surface area contributed by atoms with Crippen molar-refractivity contribution in [1.29, 1.82) is 0 Å². The number of carbonyl (C=O) groups is 2. The van der Waals surface area contributed by atoms with Gasteiger partial charge in [-0.15, -0.1) is 0 Å². The molecule has 20 heavy (non-hydrogen) atoms. The topological polar surface area (TPSA) is 58.2 Å². The zero-order chi connectivity index (χ0) is 15.4. The molecule has 0 aliphatic carbocycles. The smallest absolute Gasteiger partial charge is 0.207 e. The second-order valence-electron chi connectivity index (χ2n) is 6.31. The van der Waals surface area contributed by atoms with Crippen molar-refractivity contribution in [3.8, 4) is 0 Å². The number of aryl methyl sites for hydroxylation is 1. The molecule has 0 radical (unpaired) electrons. The van der Waals surface area contributed by atoms with E-state index in [1.165, 1.54) is 5.56 Å². The van der Waals surface area contributed by atoms with Crippen LogP contribution in [0.4, 0.5) is 0 Å². The number of nitrogens with one attached hydrogen (secondary N) is 2. The third-order valence-corrected chi connectivity index (χ3v) is 3.72. The van der Waals surface area contributed by atoms with Crippen molar-refractivity contribution in [3.05, 3.63) is 35.4 Å². The molecule has 4 heteroatoms. The maximum atomic E-state index is 10.9. The molecule has 0 spiro atoms. The molecule has 0 aliphatic heterocycles. The van der Waals surface area contributed by atoms with Crippen LogP contribution in [0.3, 0.4) is 0 Å². The van der Waals surface area contributed by atoms with Crippen LogP contribution < -0.4 is 10.6 Å². The van der Waals surface area contributed by atoms with E-state index in [2.05, 4.69) is 10.6 Å². The Labute approximate surface area is 121 Å². The normalized spacial score (nSPS) is 12.1. The van der Waals surface area contributed by atoms with Gasteiger partial charge in [0.2, 0.25) is 12.8 Å². The van der Waals surface area contributed by atoms with Gasteiger partial charge in [0.25, 0.3) is 0 Å². The first-order valence-electron chi connectivity index (χ1n) is 6.74. The summed E-state index contributed by atoms with van der Waals surface area (Å²) < 4.78 is 0. The SMILES string of the molecule is Cc1ccc(C(C(C)(C)NC=O)C(C)(C)NC=O)cc1. The molecule has 0 saturated carbocycles. The highest BCUT2D eigenvalue weighted by Crippen LogP contribution is 2.37. The monoisotopic (exact) mass is 276 g/mol. The Kier molecular flexibility index (Phi) is 4.93. The highest BCUT2D eigenvalue weighted by atomic mass is 16.1. The maximum Gasteiger partial charge on any atom is 0.207 e. The van der Waals surface area contributed by atoms with Crippen LogP contribution in [0.25, 0.3) is 0 Å².